The highest BCUT2D eigenvalue weighted by atomic mass is 28.4. The predicted octanol–water partition coefficient (Wildman–Crippen LogP) is 5.41. The molecule has 1 nitrogen and oxygen atoms in total. The van der Waals surface area contributed by atoms with Gasteiger partial charge in [-0.1, -0.05) is 46.2 Å². The molecule has 0 spiro atoms. The number of hydrogen-bond acceptors (Lipinski definition) is 1. The van der Waals surface area contributed by atoms with Crippen LogP contribution in [0.1, 0.15) is 46.1 Å². The van der Waals surface area contributed by atoms with Crippen LogP contribution in [0.25, 0.3) is 0 Å². The molecule has 0 saturated heterocycles. The average Bonchev–Trinajstić information content (AvgIpc) is 2.24. The van der Waals surface area contributed by atoms with E-state index in [4.69, 9.17) is 4.43 Å². The van der Waals surface area contributed by atoms with E-state index in [1.54, 1.807) is 0 Å². The minimum Gasteiger partial charge on any atom is -0.543 e. The van der Waals surface area contributed by atoms with Crippen molar-refractivity contribution in [2.45, 2.75) is 65.1 Å². The third-order valence-corrected chi connectivity index (χ3v) is 8.26. The van der Waals surface area contributed by atoms with Gasteiger partial charge in [-0.25, -0.2) is 0 Å². The van der Waals surface area contributed by atoms with Gasteiger partial charge < -0.3 is 4.43 Å². The summed E-state index contributed by atoms with van der Waals surface area (Å²) in [4.78, 5) is 0. The Morgan fingerprint density at radius 2 is 1.83 bits per heavy atom. The highest BCUT2D eigenvalue weighted by Gasteiger charge is 2.38. The lowest BCUT2D eigenvalue weighted by Crippen LogP contribution is -2.43. The van der Waals surface area contributed by atoms with Crippen molar-refractivity contribution in [3.63, 3.8) is 0 Å². The molecular formula is C16H28OSi. The summed E-state index contributed by atoms with van der Waals surface area (Å²) in [5.74, 6) is 1.05. The molecule has 0 aliphatic carbocycles. The van der Waals surface area contributed by atoms with Crippen LogP contribution < -0.4 is 4.43 Å². The zero-order valence-corrected chi connectivity index (χ0v) is 13.8. The Bertz CT molecular complexity index is 377. The summed E-state index contributed by atoms with van der Waals surface area (Å²) in [6, 6.07) is 8.63. The Labute approximate surface area is 114 Å². The second-order valence-electron chi connectivity index (χ2n) is 6.61. The van der Waals surface area contributed by atoms with Crippen molar-refractivity contribution in [2.24, 2.45) is 0 Å². The molecule has 0 saturated carbocycles. The van der Waals surface area contributed by atoms with Crippen molar-refractivity contribution in [1.82, 2.24) is 0 Å². The quantitative estimate of drug-likeness (QED) is 0.646. The van der Waals surface area contributed by atoms with E-state index < -0.39 is 8.32 Å². The van der Waals surface area contributed by atoms with Crippen LogP contribution in [-0.4, -0.2) is 8.32 Å². The molecule has 1 rings (SSSR count). The first-order valence-electron chi connectivity index (χ1n) is 7.04. The lowest BCUT2D eigenvalue weighted by molar-refractivity contribution is 0.491. The van der Waals surface area contributed by atoms with Gasteiger partial charge in [-0.2, -0.15) is 0 Å². The zero-order chi connectivity index (χ0) is 13.8. The summed E-state index contributed by atoms with van der Waals surface area (Å²) >= 11 is 0. The Morgan fingerprint density at radius 3 is 2.39 bits per heavy atom. The molecule has 0 N–H and O–H groups in total. The normalized spacial score (nSPS) is 12.6. The molecule has 0 aliphatic rings. The first-order valence-corrected chi connectivity index (χ1v) is 9.95. The van der Waals surface area contributed by atoms with Crippen LogP contribution in [0, 0.1) is 0 Å². The van der Waals surface area contributed by atoms with E-state index in [2.05, 4.69) is 65.1 Å². The molecular weight excluding hydrogens is 236 g/mol. The van der Waals surface area contributed by atoms with Crippen molar-refractivity contribution < 1.29 is 4.43 Å². The summed E-state index contributed by atoms with van der Waals surface area (Å²) in [5.41, 5.74) is 1.40. The minimum absolute atomic E-state index is 0.256. The maximum absolute atomic E-state index is 6.33. The van der Waals surface area contributed by atoms with Crippen molar-refractivity contribution in [3.8, 4) is 5.75 Å². The highest BCUT2D eigenvalue weighted by Crippen LogP contribution is 2.37. The molecule has 2 heteroatoms. The Hall–Kier alpha value is -0.763. The molecule has 1 aromatic rings. The Kier molecular flexibility index (Phi) is 5.03. The second kappa shape index (κ2) is 5.92. The summed E-state index contributed by atoms with van der Waals surface area (Å²) in [5, 5.41) is 0.256. The van der Waals surface area contributed by atoms with Gasteiger partial charge in [-0.05, 0) is 48.7 Å². The summed E-state index contributed by atoms with van der Waals surface area (Å²) in [6.07, 6.45) is 3.65. The van der Waals surface area contributed by atoms with Gasteiger partial charge in [0.05, 0.1) is 0 Å². The Balaban J connectivity index is 2.79. The van der Waals surface area contributed by atoms with Crippen molar-refractivity contribution in [3.05, 3.63) is 29.8 Å². The fraction of sp³-hybridized carbons (Fsp3) is 0.625. The molecule has 0 aromatic heterocycles. The third kappa shape index (κ3) is 4.16. The van der Waals surface area contributed by atoms with E-state index in [0.717, 1.165) is 12.2 Å². The molecule has 0 radical (unpaired) electrons. The standard InChI is InChI=1S/C16H28OSi/c1-7-8-10-14-11-9-12-15(13-14)17-18(5,6)16(2,3)4/h9,11-13H,7-8,10H2,1-6H3. The van der Waals surface area contributed by atoms with Gasteiger partial charge >= 0.3 is 0 Å². The molecule has 0 fully saturated rings. The number of aryl methyl sites for hydroxylation is 1. The van der Waals surface area contributed by atoms with Gasteiger partial charge in [0, 0.05) is 0 Å². The van der Waals surface area contributed by atoms with Gasteiger partial charge in [-0.3, -0.25) is 0 Å². The second-order valence-corrected chi connectivity index (χ2v) is 11.3. The van der Waals surface area contributed by atoms with Crippen molar-refractivity contribution in [1.29, 1.82) is 0 Å². The molecule has 0 bridgehead atoms. The molecule has 0 atom stereocenters. The first-order chi connectivity index (χ1) is 8.26. The molecule has 0 heterocycles. The summed E-state index contributed by atoms with van der Waals surface area (Å²) in [7, 11) is -1.70. The minimum atomic E-state index is -1.70. The zero-order valence-electron chi connectivity index (χ0n) is 12.8. The maximum atomic E-state index is 6.33. The Morgan fingerprint density at radius 1 is 1.17 bits per heavy atom. The van der Waals surface area contributed by atoms with Crippen LogP contribution >= 0.6 is 0 Å². The van der Waals surface area contributed by atoms with Gasteiger partial charge in [-0.15, -0.1) is 0 Å². The molecule has 0 aliphatic heterocycles. The highest BCUT2D eigenvalue weighted by molar-refractivity contribution is 6.74. The molecule has 18 heavy (non-hydrogen) atoms. The van der Waals surface area contributed by atoms with Gasteiger partial charge in [0.15, 0.2) is 0 Å². The van der Waals surface area contributed by atoms with Crippen molar-refractivity contribution in [2.75, 3.05) is 0 Å². The van der Waals surface area contributed by atoms with Gasteiger partial charge in [0.2, 0.25) is 8.32 Å². The SMILES string of the molecule is CCCCc1cccc(O[Si](C)(C)C(C)(C)C)c1. The number of hydrogen-bond donors (Lipinski definition) is 0. The summed E-state index contributed by atoms with van der Waals surface area (Å²) < 4.78 is 6.33. The molecule has 0 unspecified atom stereocenters. The van der Waals surface area contributed by atoms with Crippen molar-refractivity contribution >= 4 is 8.32 Å². The van der Waals surface area contributed by atoms with Crippen LogP contribution in [0.5, 0.6) is 5.75 Å². The lowest BCUT2D eigenvalue weighted by atomic mass is 10.1. The summed E-state index contributed by atoms with van der Waals surface area (Å²) in [6.45, 7) is 13.7. The molecule has 1 aromatic carbocycles. The van der Waals surface area contributed by atoms with E-state index in [1.807, 2.05) is 0 Å². The van der Waals surface area contributed by atoms with Crippen LogP contribution in [0.15, 0.2) is 24.3 Å². The van der Waals surface area contributed by atoms with Crippen LogP contribution in [0.4, 0.5) is 0 Å². The first kappa shape index (κ1) is 15.3. The predicted molar refractivity (Wildman–Crippen MR) is 82.9 cm³/mol. The topological polar surface area (TPSA) is 9.23 Å². The van der Waals surface area contributed by atoms with Gasteiger partial charge in [0.1, 0.15) is 5.75 Å². The third-order valence-electron chi connectivity index (χ3n) is 3.90. The molecule has 0 amide bonds. The van der Waals surface area contributed by atoms with E-state index in [-0.39, 0.29) is 5.04 Å². The van der Waals surface area contributed by atoms with Crippen LogP contribution in [0.2, 0.25) is 18.1 Å². The van der Waals surface area contributed by atoms with E-state index in [9.17, 15) is 0 Å². The largest absolute Gasteiger partial charge is 0.543 e. The maximum Gasteiger partial charge on any atom is 0.250 e. The van der Waals surface area contributed by atoms with Crippen LogP contribution in [0.3, 0.4) is 0 Å². The van der Waals surface area contributed by atoms with E-state index in [1.165, 1.54) is 18.4 Å². The number of unbranched alkanes of at least 4 members (excludes halogenated alkanes) is 1. The lowest BCUT2D eigenvalue weighted by Gasteiger charge is -2.36. The monoisotopic (exact) mass is 264 g/mol. The molecule has 102 valence electrons. The van der Waals surface area contributed by atoms with E-state index >= 15 is 0 Å². The smallest absolute Gasteiger partial charge is 0.250 e. The van der Waals surface area contributed by atoms with Crippen LogP contribution in [-0.2, 0) is 6.42 Å². The average molecular weight is 264 g/mol. The number of benzene rings is 1. The van der Waals surface area contributed by atoms with Gasteiger partial charge in [0.25, 0.3) is 0 Å². The fourth-order valence-corrected chi connectivity index (χ4v) is 2.62. The number of rotatable bonds is 5. The fourth-order valence-electron chi connectivity index (χ4n) is 1.59. The van der Waals surface area contributed by atoms with E-state index in [0.29, 0.717) is 0 Å².